The third kappa shape index (κ3) is 4.16. The number of hydrogen-bond donors (Lipinski definition) is 2. The summed E-state index contributed by atoms with van der Waals surface area (Å²) in [4.78, 5) is 0. The van der Waals surface area contributed by atoms with E-state index in [9.17, 15) is 0 Å². The Hall–Kier alpha value is -0.640. The molecule has 1 aromatic carbocycles. The van der Waals surface area contributed by atoms with Gasteiger partial charge in [-0.05, 0) is 17.7 Å². The van der Waals surface area contributed by atoms with Crippen molar-refractivity contribution in [2.75, 3.05) is 5.73 Å². The molecule has 1 rings (SSSR count). The summed E-state index contributed by atoms with van der Waals surface area (Å²) in [6, 6.07) is 7.03. The van der Waals surface area contributed by atoms with Crippen LogP contribution >= 0.6 is 34.8 Å². The van der Waals surface area contributed by atoms with Gasteiger partial charge in [-0.3, -0.25) is 5.41 Å². The smallest absolute Gasteiger partial charge is 0.265 e. The van der Waals surface area contributed by atoms with E-state index in [0.717, 1.165) is 5.56 Å². The molecule has 0 spiro atoms. The lowest BCUT2D eigenvalue weighted by Crippen LogP contribution is -2.20. The highest BCUT2D eigenvalue weighted by atomic mass is 35.6. The Kier molecular flexibility index (Phi) is 4.08. The number of halogens is 3. The molecule has 0 aliphatic rings. The summed E-state index contributed by atoms with van der Waals surface area (Å²) in [5.41, 5.74) is 7.02. The summed E-state index contributed by atoms with van der Waals surface area (Å²) in [5, 5.41) is 7.29. The van der Waals surface area contributed by atoms with Crippen molar-refractivity contribution in [3.05, 3.63) is 29.8 Å². The molecule has 0 aliphatic carbocycles. The summed E-state index contributed by atoms with van der Waals surface area (Å²) in [6.45, 7) is 0.174. The molecule has 0 saturated carbocycles. The lowest BCUT2D eigenvalue weighted by molar-refractivity contribution is 0.284. The molecule has 0 unspecified atom stereocenters. The van der Waals surface area contributed by atoms with Gasteiger partial charge in [-0.1, -0.05) is 46.9 Å². The molecule has 1 aromatic rings. The standard InChI is InChI=1S/C9H9Cl3N2O/c10-9(11,12)8(14)15-5-6-1-3-7(13)4-2-6/h1-4,14H,5,13H2. The van der Waals surface area contributed by atoms with E-state index in [0.29, 0.717) is 5.69 Å². The molecule has 15 heavy (non-hydrogen) atoms. The van der Waals surface area contributed by atoms with E-state index in [1.54, 1.807) is 24.3 Å². The van der Waals surface area contributed by atoms with E-state index >= 15 is 0 Å². The second-order valence-electron chi connectivity index (χ2n) is 2.86. The lowest BCUT2D eigenvalue weighted by Gasteiger charge is -2.13. The fourth-order valence-electron chi connectivity index (χ4n) is 0.851. The molecule has 0 saturated heterocycles. The van der Waals surface area contributed by atoms with E-state index in [1.807, 2.05) is 0 Å². The van der Waals surface area contributed by atoms with E-state index in [2.05, 4.69) is 0 Å². The van der Waals surface area contributed by atoms with Crippen molar-refractivity contribution in [2.24, 2.45) is 0 Å². The number of nitrogen functional groups attached to an aromatic ring is 1. The number of nitrogens with one attached hydrogen (secondary N) is 1. The summed E-state index contributed by atoms with van der Waals surface area (Å²) >= 11 is 16.3. The maximum atomic E-state index is 7.29. The van der Waals surface area contributed by atoms with Crippen molar-refractivity contribution in [2.45, 2.75) is 10.4 Å². The molecular formula is C9H9Cl3N2O. The van der Waals surface area contributed by atoms with Gasteiger partial charge in [-0.25, -0.2) is 0 Å². The molecule has 0 aromatic heterocycles. The number of anilines is 1. The number of alkyl halides is 3. The SMILES string of the molecule is N=C(OCc1ccc(N)cc1)C(Cl)(Cl)Cl. The predicted octanol–water partition coefficient (Wildman–Crippen LogP) is 3.13. The van der Waals surface area contributed by atoms with Gasteiger partial charge in [0.15, 0.2) is 0 Å². The number of nitrogens with two attached hydrogens (primary N) is 1. The molecule has 0 fully saturated rings. The van der Waals surface area contributed by atoms with Gasteiger partial charge in [0.2, 0.25) is 5.90 Å². The molecule has 0 aliphatic heterocycles. The van der Waals surface area contributed by atoms with Gasteiger partial charge in [0.1, 0.15) is 6.61 Å². The van der Waals surface area contributed by atoms with Crippen LogP contribution in [-0.4, -0.2) is 9.69 Å². The minimum atomic E-state index is -1.81. The highest BCUT2D eigenvalue weighted by Crippen LogP contribution is 2.28. The van der Waals surface area contributed by atoms with Crippen LogP contribution in [0.4, 0.5) is 5.69 Å². The van der Waals surface area contributed by atoms with Crippen molar-refractivity contribution >= 4 is 46.4 Å². The first-order valence-electron chi connectivity index (χ1n) is 4.02. The monoisotopic (exact) mass is 266 g/mol. The van der Waals surface area contributed by atoms with Crippen molar-refractivity contribution < 1.29 is 4.74 Å². The zero-order valence-electron chi connectivity index (χ0n) is 7.64. The van der Waals surface area contributed by atoms with Gasteiger partial charge in [0.05, 0.1) is 0 Å². The van der Waals surface area contributed by atoms with Crippen LogP contribution in [0, 0.1) is 5.41 Å². The average Bonchev–Trinajstić information content (AvgIpc) is 2.15. The summed E-state index contributed by atoms with van der Waals surface area (Å²) in [5.74, 6) is -0.399. The Morgan fingerprint density at radius 3 is 2.27 bits per heavy atom. The van der Waals surface area contributed by atoms with Crippen LogP contribution < -0.4 is 5.73 Å². The minimum absolute atomic E-state index is 0.174. The van der Waals surface area contributed by atoms with Gasteiger partial charge in [-0.15, -0.1) is 0 Å². The molecular weight excluding hydrogens is 258 g/mol. The fourth-order valence-corrected chi connectivity index (χ4v) is 1.01. The highest BCUT2D eigenvalue weighted by Gasteiger charge is 2.28. The molecule has 3 N–H and O–H groups in total. The molecule has 0 atom stereocenters. The Morgan fingerprint density at radius 2 is 1.80 bits per heavy atom. The first-order valence-corrected chi connectivity index (χ1v) is 5.16. The fraction of sp³-hybridized carbons (Fsp3) is 0.222. The maximum absolute atomic E-state index is 7.29. The van der Waals surface area contributed by atoms with Crippen LogP contribution in [0.3, 0.4) is 0 Å². The maximum Gasteiger partial charge on any atom is 0.265 e. The molecule has 0 bridgehead atoms. The molecule has 3 nitrogen and oxygen atoms in total. The Labute approximate surface area is 103 Å². The van der Waals surface area contributed by atoms with Crippen LogP contribution in [0.25, 0.3) is 0 Å². The van der Waals surface area contributed by atoms with Gasteiger partial charge >= 0.3 is 0 Å². The van der Waals surface area contributed by atoms with Crippen LogP contribution in [0.15, 0.2) is 24.3 Å². The summed E-state index contributed by atoms with van der Waals surface area (Å²) in [7, 11) is 0. The van der Waals surface area contributed by atoms with Crippen LogP contribution in [0.2, 0.25) is 0 Å². The van der Waals surface area contributed by atoms with Gasteiger partial charge in [-0.2, -0.15) is 0 Å². The Balaban J connectivity index is 2.51. The van der Waals surface area contributed by atoms with Crippen molar-refractivity contribution in [1.82, 2.24) is 0 Å². The van der Waals surface area contributed by atoms with Crippen LogP contribution in [0.1, 0.15) is 5.56 Å². The van der Waals surface area contributed by atoms with E-state index in [4.69, 9.17) is 50.7 Å². The van der Waals surface area contributed by atoms with E-state index < -0.39 is 9.69 Å². The summed E-state index contributed by atoms with van der Waals surface area (Å²) in [6.07, 6.45) is 0. The molecule has 0 radical (unpaired) electrons. The Morgan fingerprint density at radius 1 is 1.27 bits per heavy atom. The molecule has 0 amide bonds. The number of hydrogen-bond acceptors (Lipinski definition) is 3. The van der Waals surface area contributed by atoms with Crippen LogP contribution in [-0.2, 0) is 11.3 Å². The van der Waals surface area contributed by atoms with Crippen molar-refractivity contribution in [3.63, 3.8) is 0 Å². The third-order valence-electron chi connectivity index (χ3n) is 1.62. The number of benzene rings is 1. The molecule has 0 heterocycles. The lowest BCUT2D eigenvalue weighted by atomic mass is 10.2. The van der Waals surface area contributed by atoms with Gasteiger partial charge < -0.3 is 10.5 Å². The Bertz CT molecular complexity index is 345. The van der Waals surface area contributed by atoms with Crippen molar-refractivity contribution in [1.29, 1.82) is 5.41 Å². The number of rotatable bonds is 2. The second kappa shape index (κ2) is 4.92. The predicted molar refractivity (Wildman–Crippen MR) is 63.7 cm³/mol. The normalized spacial score (nSPS) is 11.1. The molecule has 6 heteroatoms. The minimum Gasteiger partial charge on any atom is -0.473 e. The van der Waals surface area contributed by atoms with E-state index in [-0.39, 0.29) is 6.61 Å². The first kappa shape index (κ1) is 12.4. The van der Waals surface area contributed by atoms with Crippen molar-refractivity contribution in [3.8, 4) is 0 Å². The quantitative estimate of drug-likeness (QED) is 0.374. The third-order valence-corrected chi connectivity index (χ3v) is 2.14. The zero-order chi connectivity index (χ0) is 11.5. The topological polar surface area (TPSA) is 59.1 Å². The number of ether oxygens (including phenoxy) is 1. The first-order chi connectivity index (χ1) is 6.89. The van der Waals surface area contributed by atoms with Gasteiger partial charge in [0, 0.05) is 5.69 Å². The average molecular weight is 268 g/mol. The molecule has 82 valence electrons. The highest BCUT2D eigenvalue weighted by molar-refractivity contribution is 6.75. The summed E-state index contributed by atoms with van der Waals surface area (Å²) < 4.78 is 3.17. The van der Waals surface area contributed by atoms with Crippen LogP contribution in [0.5, 0.6) is 0 Å². The largest absolute Gasteiger partial charge is 0.473 e. The zero-order valence-corrected chi connectivity index (χ0v) is 9.90. The second-order valence-corrected chi connectivity index (χ2v) is 5.14. The van der Waals surface area contributed by atoms with Gasteiger partial charge in [0.25, 0.3) is 3.79 Å². The van der Waals surface area contributed by atoms with E-state index in [1.165, 1.54) is 0 Å².